The van der Waals surface area contributed by atoms with Crippen LogP contribution >= 0.6 is 15.9 Å². The number of carbonyl (C=O) groups excluding carboxylic acids is 2. The van der Waals surface area contributed by atoms with Crippen molar-refractivity contribution in [2.45, 2.75) is 25.4 Å². The Morgan fingerprint density at radius 1 is 1.35 bits per heavy atom. The number of piperazine rings is 1. The van der Waals surface area contributed by atoms with E-state index in [4.69, 9.17) is 5.73 Å². The average molecular weight is 340 g/mol. The highest BCUT2D eigenvalue weighted by atomic mass is 79.9. The number of halogens is 1. The van der Waals surface area contributed by atoms with Crippen molar-refractivity contribution < 1.29 is 9.59 Å². The van der Waals surface area contributed by atoms with Gasteiger partial charge in [-0.15, -0.1) is 0 Å². The van der Waals surface area contributed by atoms with E-state index in [-0.39, 0.29) is 24.4 Å². The lowest BCUT2D eigenvalue weighted by atomic mass is 9.93. The first-order valence-corrected chi connectivity index (χ1v) is 7.22. The molecule has 0 spiro atoms. The summed E-state index contributed by atoms with van der Waals surface area (Å²) in [7, 11) is 0. The van der Waals surface area contributed by atoms with Crippen LogP contribution in [0.15, 0.2) is 28.7 Å². The monoisotopic (exact) mass is 339 g/mol. The lowest BCUT2D eigenvalue weighted by Gasteiger charge is -2.44. The maximum Gasteiger partial charge on any atom is 0.246 e. The van der Waals surface area contributed by atoms with Crippen LogP contribution in [-0.2, 0) is 9.59 Å². The molecule has 1 saturated heterocycles. The molecular weight excluding hydrogens is 322 g/mol. The quantitative estimate of drug-likeness (QED) is 0.811. The lowest BCUT2D eigenvalue weighted by Crippen LogP contribution is -2.65. The Hall–Kier alpha value is -1.24. The van der Waals surface area contributed by atoms with Gasteiger partial charge in [-0.05, 0) is 31.5 Å². The topological polar surface area (TPSA) is 75.4 Å². The van der Waals surface area contributed by atoms with E-state index in [0.29, 0.717) is 6.54 Å². The first-order chi connectivity index (χ1) is 9.36. The largest absolute Gasteiger partial charge is 0.329 e. The van der Waals surface area contributed by atoms with Crippen LogP contribution in [-0.4, -0.2) is 35.3 Å². The third kappa shape index (κ3) is 2.77. The third-order valence-corrected chi connectivity index (χ3v) is 4.22. The van der Waals surface area contributed by atoms with Crippen LogP contribution in [0.25, 0.3) is 0 Å². The molecule has 1 aromatic rings. The minimum absolute atomic E-state index is 0.163. The van der Waals surface area contributed by atoms with Crippen molar-refractivity contribution in [3.8, 4) is 0 Å². The molecule has 1 heterocycles. The van der Waals surface area contributed by atoms with Gasteiger partial charge in [-0.2, -0.15) is 0 Å². The van der Waals surface area contributed by atoms with Crippen molar-refractivity contribution in [3.05, 3.63) is 34.3 Å². The van der Waals surface area contributed by atoms with Crippen molar-refractivity contribution in [1.29, 1.82) is 0 Å². The second-order valence-electron chi connectivity index (χ2n) is 5.37. The van der Waals surface area contributed by atoms with E-state index < -0.39 is 5.54 Å². The molecule has 1 atom stereocenters. The highest BCUT2D eigenvalue weighted by Crippen LogP contribution is 2.30. The van der Waals surface area contributed by atoms with Gasteiger partial charge in [0.25, 0.3) is 0 Å². The van der Waals surface area contributed by atoms with Crippen molar-refractivity contribution in [1.82, 2.24) is 10.2 Å². The summed E-state index contributed by atoms with van der Waals surface area (Å²) in [5.41, 5.74) is 6.11. The second kappa shape index (κ2) is 5.63. The zero-order valence-electron chi connectivity index (χ0n) is 11.5. The molecule has 6 heteroatoms. The van der Waals surface area contributed by atoms with E-state index in [2.05, 4.69) is 21.2 Å². The summed E-state index contributed by atoms with van der Waals surface area (Å²) in [6, 6.07) is 7.59. The molecule has 3 N–H and O–H groups in total. The number of amides is 2. The normalized spacial score (nSPS) is 20.6. The first-order valence-electron chi connectivity index (χ1n) is 6.43. The number of benzene rings is 1. The number of rotatable bonds is 3. The van der Waals surface area contributed by atoms with Crippen molar-refractivity contribution >= 4 is 27.7 Å². The zero-order chi connectivity index (χ0) is 14.9. The predicted molar refractivity (Wildman–Crippen MR) is 79.9 cm³/mol. The highest BCUT2D eigenvalue weighted by molar-refractivity contribution is 9.10. The maximum atomic E-state index is 12.0. The van der Waals surface area contributed by atoms with Crippen molar-refractivity contribution in [2.75, 3.05) is 13.1 Å². The summed E-state index contributed by atoms with van der Waals surface area (Å²) < 4.78 is 0.976. The van der Waals surface area contributed by atoms with Crippen molar-refractivity contribution in [2.24, 2.45) is 5.73 Å². The van der Waals surface area contributed by atoms with Gasteiger partial charge in [0.15, 0.2) is 0 Å². The Morgan fingerprint density at radius 2 is 1.95 bits per heavy atom. The first kappa shape index (κ1) is 15.2. The lowest BCUT2D eigenvalue weighted by molar-refractivity contribution is -0.147. The molecule has 20 heavy (non-hydrogen) atoms. The van der Waals surface area contributed by atoms with Gasteiger partial charge in [-0.1, -0.05) is 28.1 Å². The van der Waals surface area contributed by atoms with Crippen LogP contribution in [0.3, 0.4) is 0 Å². The molecule has 2 amide bonds. The molecule has 0 bridgehead atoms. The standard InChI is InChI=1S/C14H18BrN3O2/c1-14(2)13(20)17-12(19)8-18(14)11(7-16)9-3-5-10(15)6-4-9/h3-6,11H,7-8,16H2,1-2H3,(H,17,19,20). The molecule has 1 aliphatic heterocycles. The van der Waals surface area contributed by atoms with Crippen molar-refractivity contribution in [3.63, 3.8) is 0 Å². The van der Waals surface area contributed by atoms with E-state index in [1.165, 1.54) is 0 Å². The Kier molecular flexibility index (Phi) is 4.27. The SMILES string of the molecule is CC1(C)C(=O)NC(=O)CN1C(CN)c1ccc(Br)cc1. The molecule has 1 aliphatic rings. The van der Waals surface area contributed by atoms with E-state index in [9.17, 15) is 9.59 Å². The summed E-state index contributed by atoms with van der Waals surface area (Å²) in [4.78, 5) is 25.5. The molecule has 108 valence electrons. The van der Waals surface area contributed by atoms with Crippen LogP contribution in [0.4, 0.5) is 0 Å². The molecule has 1 aromatic carbocycles. The molecule has 1 fully saturated rings. The van der Waals surface area contributed by atoms with Gasteiger partial charge in [-0.3, -0.25) is 19.8 Å². The van der Waals surface area contributed by atoms with Crippen LogP contribution in [0.5, 0.6) is 0 Å². The Balaban J connectivity index is 2.36. The van der Waals surface area contributed by atoms with E-state index in [1.807, 2.05) is 29.2 Å². The summed E-state index contributed by atoms with van der Waals surface area (Å²) in [5, 5.41) is 2.37. The fourth-order valence-electron chi connectivity index (χ4n) is 2.43. The Labute approximate surface area is 126 Å². The number of imide groups is 1. The molecule has 2 rings (SSSR count). The molecule has 0 saturated carbocycles. The number of hydrogen-bond donors (Lipinski definition) is 2. The van der Waals surface area contributed by atoms with Gasteiger partial charge >= 0.3 is 0 Å². The van der Waals surface area contributed by atoms with Gasteiger partial charge in [0.2, 0.25) is 11.8 Å². The number of hydrogen-bond acceptors (Lipinski definition) is 4. The fraction of sp³-hybridized carbons (Fsp3) is 0.429. The van der Waals surface area contributed by atoms with Gasteiger partial charge in [-0.25, -0.2) is 0 Å². The summed E-state index contributed by atoms with van der Waals surface area (Å²) >= 11 is 3.39. The number of nitrogens with one attached hydrogen (secondary N) is 1. The van der Waals surface area contributed by atoms with Crippen LogP contribution in [0.2, 0.25) is 0 Å². The van der Waals surface area contributed by atoms with E-state index in [1.54, 1.807) is 13.8 Å². The fourth-order valence-corrected chi connectivity index (χ4v) is 2.69. The Morgan fingerprint density at radius 3 is 2.50 bits per heavy atom. The molecule has 0 aliphatic carbocycles. The van der Waals surface area contributed by atoms with Gasteiger partial charge < -0.3 is 5.73 Å². The number of nitrogens with zero attached hydrogens (tertiary/aromatic N) is 1. The van der Waals surface area contributed by atoms with Crippen LogP contribution < -0.4 is 11.1 Å². The van der Waals surface area contributed by atoms with E-state index >= 15 is 0 Å². The summed E-state index contributed by atoms with van der Waals surface area (Å²) in [5.74, 6) is -0.575. The zero-order valence-corrected chi connectivity index (χ0v) is 13.1. The van der Waals surface area contributed by atoms with Gasteiger partial charge in [0.1, 0.15) is 0 Å². The molecule has 0 radical (unpaired) electrons. The summed E-state index contributed by atoms with van der Waals surface area (Å²) in [6.45, 7) is 4.11. The average Bonchev–Trinajstić information content (AvgIpc) is 2.38. The minimum Gasteiger partial charge on any atom is -0.329 e. The number of nitrogens with two attached hydrogens (primary N) is 1. The third-order valence-electron chi connectivity index (χ3n) is 3.69. The van der Waals surface area contributed by atoms with Gasteiger partial charge in [0, 0.05) is 17.1 Å². The molecular formula is C14H18BrN3O2. The maximum absolute atomic E-state index is 12.0. The highest BCUT2D eigenvalue weighted by Gasteiger charge is 2.44. The predicted octanol–water partition coefficient (Wildman–Crippen LogP) is 1.19. The molecule has 1 unspecified atom stereocenters. The summed E-state index contributed by atoms with van der Waals surface area (Å²) in [6.07, 6.45) is 0. The Bertz CT molecular complexity index is 528. The second-order valence-corrected chi connectivity index (χ2v) is 6.28. The molecule has 0 aromatic heterocycles. The van der Waals surface area contributed by atoms with Crippen LogP contribution in [0, 0.1) is 0 Å². The van der Waals surface area contributed by atoms with E-state index in [0.717, 1.165) is 10.0 Å². The number of carbonyl (C=O) groups is 2. The minimum atomic E-state index is -0.773. The van der Waals surface area contributed by atoms with Crippen LogP contribution in [0.1, 0.15) is 25.5 Å². The van der Waals surface area contributed by atoms with Gasteiger partial charge in [0.05, 0.1) is 12.1 Å². The molecule has 5 nitrogen and oxygen atoms in total. The smallest absolute Gasteiger partial charge is 0.246 e.